The van der Waals surface area contributed by atoms with Crippen molar-refractivity contribution in [3.05, 3.63) is 59.2 Å². The largest absolute Gasteiger partial charge is 0.435 e. The molecule has 2 aromatic rings. The Morgan fingerprint density at radius 2 is 1.80 bits per heavy atom. The van der Waals surface area contributed by atoms with Gasteiger partial charge in [-0.25, -0.2) is 0 Å². The van der Waals surface area contributed by atoms with Crippen LogP contribution in [0.25, 0.3) is 0 Å². The fraction of sp³-hybridized carbons (Fsp3) is 0.222. The van der Waals surface area contributed by atoms with Gasteiger partial charge in [-0.3, -0.25) is 5.43 Å². The minimum Gasteiger partial charge on any atom is -0.435 e. The molecule has 0 bridgehead atoms. The molecule has 2 aromatic carbocycles. The van der Waals surface area contributed by atoms with Crippen LogP contribution in [0.1, 0.15) is 23.6 Å². The molecule has 0 fully saturated rings. The summed E-state index contributed by atoms with van der Waals surface area (Å²) in [5.41, 5.74) is 7.37. The van der Waals surface area contributed by atoms with E-state index >= 15 is 0 Å². The van der Waals surface area contributed by atoms with E-state index in [1.54, 1.807) is 19.1 Å². The van der Waals surface area contributed by atoms with Gasteiger partial charge in [-0.15, -0.1) is 0 Å². The maximum absolute atomic E-state index is 12.1. The Bertz CT molecular complexity index is 776. The Morgan fingerprint density at radius 1 is 1.12 bits per heavy atom. The lowest BCUT2D eigenvalue weighted by molar-refractivity contribution is -0.0498. The van der Waals surface area contributed by atoms with Crippen molar-refractivity contribution in [1.29, 1.82) is 0 Å². The van der Waals surface area contributed by atoms with Gasteiger partial charge in [0.2, 0.25) is 0 Å². The van der Waals surface area contributed by atoms with Gasteiger partial charge in [0.1, 0.15) is 5.75 Å². The lowest BCUT2D eigenvalue weighted by Crippen LogP contribution is -2.25. The SMILES string of the molecule is C/C(=N\NC(=S)Nc1ccc(C)cc1C)c1ccc(OC(F)F)cc1. The zero-order chi connectivity index (χ0) is 18.4. The topological polar surface area (TPSA) is 45.7 Å². The summed E-state index contributed by atoms with van der Waals surface area (Å²) in [6.45, 7) is 2.97. The Hall–Kier alpha value is -2.54. The van der Waals surface area contributed by atoms with E-state index in [9.17, 15) is 8.78 Å². The lowest BCUT2D eigenvalue weighted by atomic mass is 10.1. The first kappa shape index (κ1) is 18.8. The van der Waals surface area contributed by atoms with E-state index in [4.69, 9.17) is 12.2 Å². The van der Waals surface area contributed by atoms with E-state index in [1.807, 2.05) is 26.0 Å². The minimum atomic E-state index is -2.84. The first-order valence-corrected chi connectivity index (χ1v) is 8.00. The standard InChI is InChI=1S/C18H19F2N3OS/c1-11-4-9-16(12(2)10-11)21-18(25)23-22-13(3)14-5-7-15(8-6-14)24-17(19)20/h4-10,17H,1-3H3,(H2,21,23,25)/b22-13+. The number of halogens is 2. The van der Waals surface area contributed by atoms with Crippen LogP contribution in [0.4, 0.5) is 14.5 Å². The first-order chi connectivity index (χ1) is 11.8. The third-order valence-corrected chi connectivity index (χ3v) is 3.65. The summed E-state index contributed by atoms with van der Waals surface area (Å²) in [4.78, 5) is 0. The number of nitrogens with one attached hydrogen (secondary N) is 2. The van der Waals surface area contributed by atoms with Gasteiger partial charge in [-0.05, 0) is 74.4 Å². The second kappa shape index (κ2) is 8.53. The summed E-state index contributed by atoms with van der Waals surface area (Å²) < 4.78 is 28.6. The van der Waals surface area contributed by atoms with Gasteiger partial charge in [0, 0.05) is 5.69 Å². The highest BCUT2D eigenvalue weighted by molar-refractivity contribution is 7.80. The van der Waals surface area contributed by atoms with Crippen molar-refractivity contribution < 1.29 is 13.5 Å². The highest BCUT2D eigenvalue weighted by Crippen LogP contribution is 2.16. The molecule has 2 rings (SSSR count). The molecule has 0 saturated heterocycles. The molecule has 0 saturated carbocycles. The van der Waals surface area contributed by atoms with Gasteiger partial charge >= 0.3 is 6.61 Å². The molecular weight excluding hydrogens is 344 g/mol. The number of hydrogen-bond acceptors (Lipinski definition) is 3. The smallest absolute Gasteiger partial charge is 0.387 e. The van der Waals surface area contributed by atoms with Crippen molar-refractivity contribution in [3.8, 4) is 5.75 Å². The van der Waals surface area contributed by atoms with Crippen LogP contribution in [-0.2, 0) is 0 Å². The molecule has 0 atom stereocenters. The van der Waals surface area contributed by atoms with Gasteiger partial charge in [-0.1, -0.05) is 17.7 Å². The summed E-state index contributed by atoms with van der Waals surface area (Å²) in [5, 5.41) is 7.65. The average Bonchev–Trinajstić information content (AvgIpc) is 2.55. The predicted octanol–water partition coefficient (Wildman–Crippen LogP) is 4.62. The summed E-state index contributed by atoms with van der Waals surface area (Å²) in [5.74, 6) is 0.103. The second-order valence-electron chi connectivity index (χ2n) is 5.48. The van der Waals surface area contributed by atoms with Gasteiger partial charge in [-0.2, -0.15) is 13.9 Å². The summed E-state index contributed by atoms with van der Waals surface area (Å²) in [7, 11) is 0. The van der Waals surface area contributed by atoms with Crippen molar-refractivity contribution in [2.75, 3.05) is 5.32 Å². The molecule has 0 aliphatic carbocycles. The van der Waals surface area contributed by atoms with Gasteiger partial charge in [0.15, 0.2) is 5.11 Å². The van der Waals surface area contributed by atoms with Crippen LogP contribution in [0.2, 0.25) is 0 Å². The molecule has 0 aromatic heterocycles. The molecule has 4 nitrogen and oxygen atoms in total. The molecule has 0 amide bonds. The molecule has 0 heterocycles. The third kappa shape index (κ3) is 5.79. The fourth-order valence-electron chi connectivity index (χ4n) is 2.18. The normalized spacial score (nSPS) is 11.4. The van der Waals surface area contributed by atoms with Crippen LogP contribution >= 0.6 is 12.2 Å². The van der Waals surface area contributed by atoms with Crippen molar-refractivity contribution in [2.45, 2.75) is 27.4 Å². The third-order valence-electron chi connectivity index (χ3n) is 3.45. The zero-order valence-corrected chi connectivity index (χ0v) is 15.0. The highest BCUT2D eigenvalue weighted by atomic mass is 32.1. The molecule has 0 radical (unpaired) electrons. The molecule has 25 heavy (non-hydrogen) atoms. The van der Waals surface area contributed by atoms with Crippen LogP contribution in [0.15, 0.2) is 47.6 Å². The minimum absolute atomic E-state index is 0.103. The van der Waals surface area contributed by atoms with Crippen LogP contribution in [-0.4, -0.2) is 17.4 Å². The summed E-state index contributed by atoms with van der Waals surface area (Å²) in [6.07, 6.45) is 0. The number of rotatable bonds is 5. The number of alkyl halides is 2. The second-order valence-corrected chi connectivity index (χ2v) is 5.89. The van der Waals surface area contributed by atoms with E-state index in [0.717, 1.165) is 16.8 Å². The van der Waals surface area contributed by atoms with E-state index in [-0.39, 0.29) is 5.75 Å². The van der Waals surface area contributed by atoms with Crippen LogP contribution in [0, 0.1) is 13.8 Å². The van der Waals surface area contributed by atoms with Crippen molar-refractivity contribution in [3.63, 3.8) is 0 Å². The van der Waals surface area contributed by atoms with Crippen molar-refractivity contribution in [2.24, 2.45) is 5.10 Å². The first-order valence-electron chi connectivity index (χ1n) is 7.59. The quantitative estimate of drug-likeness (QED) is 0.462. The van der Waals surface area contributed by atoms with Gasteiger partial charge in [0.05, 0.1) is 5.71 Å². The molecular formula is C18H19F2N3OS. The molecule has 2 N–H and O–H groups in total. The maximum atomic E-state index is 12.1. The monoisotopic (exact) mass is 363 g/mol. The molecule has 0 aliphatic rings. The highest BCUT2D eigenvalue weighted by Gasteiger charge is 2.05. The van der Waals surface area contributed by atoms with Gasteiger partial charge in [0.25, 0.3) is 0 Å². The number of nitrogens with zero attached hydrogens (tertiary/aromatic N) is 1. The Kier molecular flexibility index (Phi) is 6.41. The Morgan fingerprint density at radius 3 is 2.40 bits per heavy atom. The zero-order valence-electron chi connectivity index (χ0n) is 14.1. The number of thiocarbonyl (C=S) groups is 1. The van der Waals surface area contributed by atoms with E-state index < -0.39 is 6.61 Å². The van der Waals surface area contributed by atoms with Crippen LogP contribution < -0.4 is 15.5 Å². The fourth-order valence-corrected chi connectivity index (χ4v) is 2.34. The van der Waals surface area contributed by atoms with E-state index in [1.165, 1.54) is 17.7 Å². The molecule has 0 aliphatic heterocycles. The van der Waals surface area contributed by atoms with Crippen molar-refractivity contribution >= 4 is 28.7 Å². The van der Waals surface area contributed by atoms with E-state index in [2.05, 4.69) is 26.6 Å². The molecule has 132 valence electrons. The Balaban J connectivity index is 1.96. The van der Waals surface area contributed by atoms with Gasteiger partial charge < -0.3 is 10.1 Å². The number of hydrogen-bond donors (Lipinski definition) is 2. The number of hydrazone groups is 1. The van der Waals surface area contributed by atoms with Crippen molar-refractivity contribution in [1.82, 2.24) is 5.43 Å². The molecule has 7 heteroatoms. The lowest BCUT2D eigenvalue weighted by Gasteiger charge is -2.11. The number of anilines is 1. The van der Waals surface area contributed by atoms with Crippen LogP contribution in [0.5, 0.6) is 5.75 Å². The molecule has 0 spiro atoms. The molecule has 0 unspecified atom stereocenters. The maximum Gasteiger partial charge on any atom is 0.387 e. The average molecular weight is 363 g/mol. The number of benzene rings is 2. The summed E-state index contributed by atoms with van der Waals surface area (Å²) >= 11 is 5.23. The summed E-state index contributed by atoms with van der Waals surface area (Å²) in [6, 6.07) is 12.2. The predicted molar refractivity (Wildman–Crippen MR) is 101 cm³/mol. The van der Waals surface area contributed by atoms with Crippen LogP contribution in [0.3, 0.4) is 0 Å². The number of aryl methyl sites for hydroxylation is 2. The van der Waals surface area contributed by atoms with E-state index in [0.29, 0.717) is 10.8 Å². The number of ether oxygens (including phenoxy) is 1. The Labute approximate surface area is 150 Å².